The number of pyridine rings is 1. The summed E-state index contributed by atoms with van der Waals surface area (Å²) in [7, 11) is 0. The predicted molar refractivity (Wildman–Crippen MR) is 148 cm³/mol. The summed E-state index contributed by atoms with van der Waals surface area (Å²) >= 11 is 0. The van der Waals surface area contributed by atoms with Crippen LogP contribution in [0.4, 0.5) is 0 Å². The molecule has 7 nitrogen and oxygen atoms in total. The Morgan fingerprint density at radius 1 is 0.974 bits per heavy atom. The molecular weight excluding hydrogens is 480 g/mol. The zero-order valence-corrected chi connectivity index (χ0v) is 22.1. The number of hydrogen-bond donors (Lipinski definition) is 2. The molecule has 0 atom stereocenters. The molecule has 1 heterocycles. The van der Waals surface area contributed by atoms with E-state index < -0.39 is 5.97 Å². The minimum Gasteiger partial charge on any atom is -0.483 e. The Bertz CT molecular complexity index is 1540. The number of aromatic nitrogens is 1. The van der Waals surface area contributed by atoms with Crippen LogP contribution >= 0.6 is 0 Å². The van der Waals surface area contributed by atoms with Gasteiger partial charge in [-0.25, -0.2) is 4.79 Å². The van der Waals surface area contributed by atoms with Crippen LogP contribution in [-0.2, 0) is 17.9 Å². The number of fused-ring (bicyclic) bond motifs is 1. The van der Waals surface area contributed by atoms with Crippen molar-refractivity contribution in [2.75, 3.05) is 6.61 Å². The number of H-pyrrole nitrogens is 1. The van der Waals surface area contributed by atoms with Gasteiger partial charge in [0.05, 0.1) is 6.54 Å². The normalized spacial score (nSPS) is 11.1. The lowest BCUT2D eigenvalue weighted by atomic mass is 10.0. The van der Waals surface area contributed by atoms with Crippen molar-refractivity contribution in [2.45, 2.75) is 46.7 Å². The number of carboxylic acids is 1. The lowest BCUT2D eigenvalue weighted by molar-refractivity contribution is -0.134. The topological polar surface area (TPSA) is 99.7 Å². The molecule has 1 amide bonds. The number of aromatic amines is 1. The number of carboxylic acid groups (broad SMARTS) is 1. The minimum atomic E-state index is -1.12. The van der Waals surface area contributed by atoms with E-state index in [1.54, 1.807) is 23.1 Å². The van der Waals surface area contributed by atoms with Crippen LogP contribution in [0.5, 0.6) is 5.75 Å². The zero-order chi connectivity index (χ0) is 27.4. The molecule has 2 N–H and O–H groups in total. The second kappa shape index (κ2) is 11.3. The largest absolute Gasteiger partial charge is 0.483 e. The van der Waals surface area contributed by atoms with Gasteiger partial charge >= 0.3 is 5.97 Å². The van der Waals surface area contributed by atoms with E-state index in [4.69, 9.17) is 4.74 Å². The summed E-state index contributed by atoms with van der Waals surface area (Å²) in [6.45, 7) is 7.90. The Morgan fingerprint density at radius 2 is 1.71 bits per heavy atom. The number of aryl methyl sites for hydroxylation is 2. The quantitative estimate of drug-likeness (QED) is 0.305. The molecule has 0 aliphatic carbocycles. The molecule has 0 saturated carbocycles. The van der Waals surface area contributed by atoms with E-state index in [2.05, 4.69) is 11.1 Å². The van der Waals surface area contributed by atoms with Crippen LogP contribution < -0.4 is 10.3 Å². The van der Waals surface area contributed by atoms with Crippen LogP contribution in [0.3, 0.4) is 0 Å². The molecule has 0 saturated heterocycles. The fourth-order valence-electron chi connectivity index (χ4n) is 4.51. The number of carbonyl (C=O) groups is 2. The predicted octanol–water partition coefficient (Wildman–Crippen LogP) is 5.57. The molecule has 0 aliphatic rings. The van der Waals surface area contributed by atoms with Crippen LogP contribution in [0, 0.1) is 13.8 Å². The van der Waals surface area contributed by atoms with Gasteiger partial charge in [0, 0.05) is 23.0 Å². The fourth-order valence-corrected chi connectivity index (χ4v) is 4.51. The Morgan fingerprint density at radius 3 is 2.39 bits per heavy atom. The van der Waals surface area contributed by atoms with E-state index in [-0.39, 0.29) is 48.4 Å². The smallest absolute Gasteiger partial charge is 0.339 e. The Kier molecular flexibility index (Phi) is 7.96. The Balaban J connectivity index is 1.62. The van der Waals surface area contributed by atoms with E-state index in [1.807, 2.05) is 70.2 Å². The van der Waals surface area contributed by atoms with Gasteiger partial charge in [0.15, 0.2) is 6.61 Å². The first-order valence-corrected chi connectivity index (χ1v) is 12.6. The van der Waals surface area contributed by atoms with Gasteiger partial charge in [-0.2, -0.15) is 0 Å². The third-order valence-corrected chi connectivity index (χ3v) is 6.57. The van der Waals surface area contributed by atoms with Crippen molar-refractivity contribution in [3.8, 4) is 5.75 Å². The maximum atomic E-state index is 13.4. The molecule has 0 spiro atoms. The molecule has 0 radical (unpaired) electrons. The highest BCUT2D eigenvalue weighted by Gasteiger charge is 2.20. The van der Waals surface area contributed by atoms with Crippen molar-refractivity contribution in [1.29, 1.82) is 0 Å². The van der Waals surface area contributed by atoms with Gasteiger partial charge in [0.25, 0.3) is 11.5 Å². The van der Waals surface area contributed by atoms with Crippen molar-refractivity contribution in [2.24, 2.45) is 0 Å². The van der Waals surface area contributed by atoms with Crippen molar-refractivity contribution >= 4 is 22.8 Å². The van der Waals surface area contributed by atoms with Crippen molar-refractivity contribution in [1.82, 2.24) is 9.88 Å². The van der Waals surface area contributed by atoms with E-state index in [9.17, 15) is 19.5 Å². The molecule has 38 heavy (non-hydrogen) atoms. The highest BCUT2D eigenvalue weighted by Crippen LogP contribution is 2.25. The van der Waals surface area contributed by atoms with Gasteiger partial charge in [0.1, 0.15) is 11.3 Å². The third kappa shape index (κ3) is 6.11. The Hall–Kier alpha value is -4.39. The second-order valence-corrected chi connectivity index (χ2v) is 9.91. The van der Waals surface area contributed by atoms with Gasteiger partial charge in [-0.3, -0.25) is 9.59 Å². The van der Waals surface area contributed by atoms with Gasteiger partial charge < -0.3 is 19.7 Å². The van der Waals surface area contributed by atoms with E-state index in [0.717, 1.165) is 33.2 Å². The number of nitrogens with zero attached hydrogens (tertiary/aromatic N) is 1. The summed E-state index contributed by atoms with van der Waals surface area (Å²) in [5.74, 6) is -1.20. The maximum absolute atomic E-state index is 13.4. The SMILES string of the molecule is Cc1cc(C)c2cc(CN(Cc3ccccc3)C(=O)COc3ccc(C(C)C)cc3C(=O)O)c(=O)[nH]c2c1. The van der Waals surface area contributed by atoms with Gasteiger partial charge in [-0.05, 0) is 66.3 Å². The van der Waals surface area contributed by atoms with Gasteiger partial charge in [0.2, 0.25) is 0 Å². The van der Waals surface area contributed by atoms with E-state index in [0.29, 0.717) is 5.56 Å². The maximum Gasteiger partial charge on any atom is 0.339 e. The molecule has 196 valence electrons. The molecule has 0 aliphatic heterocycles. The number of aromatic carboxylic acids is 1. The number of hydrogen-bond acceptors (Lipinski definition) is 4. The number of ether oxygens (including phenoxy) is 1. The van der Waals surface area contributed by atoms with Crippen molar-refractivity contribution in [3.05, 3.63) is 110 Å². The molecule has 1 aromatic heterocycles. The monoisotopic (exact) mass is 512 g/mol. The molecule has 0 fully saturated rings. The summed E-state index contributed by atoms with van der Waals surface area (Å²) in [5.41, 5.74) is 4.83. The first kappa shape index (κ1) is 26.7. The fraction of sp³-hybridized carbons (Fsp3) is 0.258. The lowest BCUT2D eigenvalue weighted by Gasteiger charge is -2.23. The van der Waals surface area contributed by atoms with Crippen LogP contribution in [-0.4, -0.2) is 33.5 Å². The molecule has 0 unspecified atom stereocenters. The second-order valence-electron chi connectivity index (χ2n) is 9.91. The van der Waals surface area contributed by atoms with Crippen molar-refractivity contribution < 1.29 is 19.4 Å². The summed E-state index contributed by atoms with van der Waals surface area (Å²) in [5, 5.41) is 10.6. The van der Waals surface area contributed by atoms with Crippen LogP contribution in [0.1, 0.15) is 57.9 Å². The molecule has 3 aromatic carbocycles. The third-order valence-electron chi connectivity index (χ3n) is 6.57. The van der Waals surface area contributed by atoms with Gasteiger partial charge in [-0.15, -0.1) is 0 Å². The molecule has 4 aromatic rings. The summed E-state index contributed by atoms with van der Waals surface area (Å²) in [6.07, 6.45) is 0. The summed E-state index contributed by atoms with van der Waals surface area (Å²) < 4.78 is 5.73. The number of benzene rings is 3. The summed E-state index contributed by atoms with van der Waals surface area (Å²) in [6, 6.07) is 20.3. The van der Waals surface area contributed by atoms with Crippen LogP contribution in [0.2, 0.25) is 0 Å². The molecule has 4 rings (SSSR count). The molecular formula is C31H32N2O5. The minimum absolute atomic E-state index is 0.00958. The molecule has 7 heteroatoms. The van der Waals surface area contributed by atoms with Gasteiger partial charge in [-0.1, -0.05) is 56.3 Å². The zero-order valence-electron chi connectivity index (χ0n) is 22.1. The first-order valence-electron chi connectivity index (χ1n) is 12.6. The Labute approximate surface area is 221 Å². The first-order chi connectivity index (χ1) is 18.1. The highest BCUT2D eigenvalue weighted by atomic mass is 16.5. The molecule has 0 bridgehead atoms. The van der Waals surface area contributed by atoms with Crippen molar-refractivity contribution in [3.63, 3.8) is 0 Å². The average molecular weight is 513 g/mol. The highest BCUT2D eigenvalue weighted by molar-refractivity contribution is 5.91. The van der Waals surface area contributed by atoms with Crippen LogP contribution in [0.25, 0.3) is 10.9 Å². The standard InChI is InChI=1S/C31H32N2O5/c1-19(2)23-10-11-28(26(14-23)31(36)37)38-18-29(34)33(16-22-8-6-5-7-9-22)17-24-15-25-21(4)12-20(3)13-27(25)32-30(24)35/h5-15,19H,16-18H2,1-4H3,(H,32,35)(H,36,37). The summed E-state index contributed by atoms with van der Waals surface area (Å²) in [4.78, 5) is 42.7. The number of rotatable bonds is 9. The van der Waals surface area contributed by atoms with E-state index in [1.165, 1.54) is 0 Å². The van der Waals surface area contributed by atoms with Crippen LogP contribution in [0.15, 0.2) is 71.5 Å². The number of nitrogens with one attached hydrogen (secondary N) is 1. The number of amides is 1. The lowest BCUT2D eigenvalue weighted by Crippen LogP contribution is -2.36. The average Bonchev–Trinajstić information content (AvgIpc) is 2.87. The number of carbonyl (C=O) groups excluding carboxylic acids is 1. The van der Waals surface area contributed by atoms with E-state index >= 15 is 0 Å².